The molecule has 0 fully saturated rings. The largest absolute Gasteiger partial charge is 0.357 e. The molecule has 0 amide bonds. The molecular weight excluding hydrogens is 266 g/mol. The van der Waals surface area contributed by atoms with Crippen LogP contribution < -0.4 is 4.90 Å². The van der Waals surface area contributed by atoms with Crippen molar-refractivity contribution in [3.63, 3.8) is 0 Å². The third-order valence-electron chi connectivity index (χ3n) is 4.31. The lowest BCUT2D eigenvalue weighted by Gasteiger charge is -2.23. The van der Waals surface area contributed by atoms with Crippen molar-refractivity contribution < 1.29 is 0 Å². The summed E-state index contributed by atoms with van der Waals surface area (Å²) < 4.78 is 0. The molecule has 0 spiro atoms. The van der Waals surface area contributed by atoms with Gasteiger partial charge in [0.25, 0.3) is 0 Å². The van der Waals surface area contributed by atoms with Crippen LogP contribution in [0.2, 0.25) is 0 Å². The number of thiophene rings is 1. The molecule has 0 radical (unpaired) electrons. The second-order valence-electron chi connectivity index (χ2n) is 5.80. The summed E-state index contributed by atoms with van der Waals surface area (Å²) in [7, 11) is 0. The fourth-order valence-electron chi connectivity index (χ4n) is 3.18. The van der Waals surface area contributed by atoms with E-state index in [0.717, 1.165) is 30.6 Å². The SMILES string of the molecule is CCN(CC)c1nc(C)nc2sc3c(c12)CCC(C)C3. The Hall–Kier alpha value is -1.16. The molecule has 1 aliphatic rings. The van der Waals surface area contributed by atoms with E-state index in [9.17, 15) is 0 Å². The predicted octanol–water partition coefficient (Wildman–Crippen LogP) is 3.97. The molecule has 0 bridgehead atoms. The van der Waals surface area contributed by atoms with Gasteiger partial charge in [-0.15, -0.1) is 11.3 Å². The number of hydrogen-bond acceptors (Lipinski definition) is 4. The first-order valence-corrected chi connectivity index (χ1v) is 8.49. The maximum atomic E-state index is 4.76. The summed E-state index contributed by atoms with van der Waals surface area (Å²) in [5.41, 5.74) is 1.53. The van der Waals surface area contributed by atoms with E-state index >= 15 is 0 Å². The van der Waals surface area contributed by atoms with E-state index in [4.69, 9.17) is 9.97 Å². The fourth-order valence-corrected chi connectivity index (χ4v) is 4.60. The summed E-state index contributed by atoms with van der Waals surface area (Å²) >= 11 is 1.89. The Morgan fingerprint density at radius 2 is 2.00 bits per heavy atom. The Kier molecular flexibility index (Phi) is 3.67. The molecule has 1 unspecified atom stereocenters. The molecule has 0 aromatic carbocycles. The molecule has 3 rings (SSSR count). The van der Waals surface area contributed by atoms with E-state index in [0.29, 0.717) is 0 Å². The zero-order valence-electron chi connectivity index (χ0n) is 12.9. The molecule has 4 heteroatoms. The fraction of sp³-hybridized carbons (Fsp3) is 0.625. The van der Waals surface area contributed by atoms with Gasteiger partial charge in [0.2, 0.25) is 0 Å². The molecule has 0 saturated heterocycles. The second-order valence-corrected chi connectivity index (χ2v) is 6.88. The van der Waals surface area contributed by atoms with Crippen LogP contribution in [0.15, 0.2) is 0 Å². The van der Waals surface area contributed by atoms with Crippen molar-refractivity contribution in [2.45, 2.75) is 47.0 Å². The molecule has 1 atom stereocenters. The maximum absolute atomic E-state index is 4.76. The van der Waals surface area contributed by atoms with E-state index in [2.05, 4.69) is 25.7 Å². The molecule has 2 aromatic heterocycles. The summed E-state index contributed by atoms with van der Waals surface area (Å²) in [6, 6.07) is 0. The van der Waals surface area contributed by atoms with Crippen LogP contribution in [-0.2, 0) is 12.8 Å². The highest BCUT2D eigenvalue weighted by atomic mass is 32.1. The van der Waals surface area contributed by atoms with Gasteiger partial charge in [-0.05, 0) is 51.5 Å². The molecule has 0 N–H and O–H groups in total. The minimum Gasteiger partial charge on any atom is -0.357 e. The number of fused-ring (bicyclic) bond motifs is 3. The minimum absolute atomic E-state index is 0.807. The van der Waals surface area contributed by atoms with Crippen LogP contribution in [0.25, 0.3) is 10.2 Å². The van der Waals surface area contributed by atoms with E-state index in [1.807, 2.05) is 18.3 Å². The molecule has 0 aliphatic heterocycles. The molecule has 3 nitrogen and oxygen atoms in total. The van der Waals surface area contributed by atoms with Crippen molar-refractivity contribution in [2.24, 2.45) is 5.92 Å². The van der Waals surface area contributed by atoms with Gasteiger partial charge in [-0.2, -0.15) is 0 Å². The number of nitrogens with zero attached hydrogens (tertiary/aromatic N) is 3. The van der Waals surface area contributed by atoms with Gasteiger partial charge in [0.15, 0.2) is 0 Å². The van der Waals surface area contributed by atoms with E-state index in [1.165, 1.54) is 35.0 Å². The van der Waals surface area contributed by atoms with Gasteiger partial charge in [-0.1, -0.05) is 6.92 Å². The van der Waals surface area contributed by atoms with Crippen molar-refractivity contribution in [1.29, 1.82) is 0 Å². The Morgan fingerprint density at radius 3 is 2.70 bits per heavy atom. The number of aromatic nitrogens is 2. The molecule has 108 valence electrons. The first kappa shape index (κ1) is 13.8. The Bertz CT molecular complexity index is 628. The summed E-state index contributed by atoms with van der Waals surface area (Å²) in [4.78, 5) is 14.6. The smallest absolute Gasteiger partial charge is 0.141 e. The predicted molar refractivity (Wildman–Crippen MR) is 86.9 cm³/mol. The van der Waals surface area contributed by atoms with Gasteiger partial charge in [0.05, 0.1) is 5.39 Å². The van der Waals surface area contributed by atoms with Crippen molar-refractivity contribution in [3.8, 4) is 0 Å². The van der Waals surface area contributed by atoms with E-state index in [1.54, 1.807) is 4.88 Å². The topological polar surface area (TPSA) is 29.0 Å². The number of rotatable bonds is 3. The van der Waals surface area contributed by atoms with Crippen molar-refractivity contribution in [3.05, 3.63) is 16.3 Å². The van der Waals surface area contributed by atoms with Crippen molar-refractivity contribution in [2.75, 3.05) is 18.0 Å². The van der Waals surface area contributed by atoms with Gasteiger partial charge in [0.1, 0.15) is 16.5 Å². The number of aryl methyl sites for hydroxylation is 2. The van der Waals surface area contributed by atoms with Gasteiger partial charge < -0.3 is 4.90 Å². The Labute approximate surface area is 125 Å². The average Bonchev–Trinajstić information content (AvgIpc) is 2.76. The molecule has 2 aromatic rings. The lowest BCUT2D eigenvalue weighted by atomic mass is 9.89. The van der Waals surface area contributed by atoms with Crippen LogP contribution in [-0.4, -0.2) is 23.1 Å². The Morgan fingerprint density at radius 1 is 1.25 bits per heavy atom. The van der Waals surface area contributed by atoms with Crippen molar-refractivity contribution >= 4 is 27.4 Å². The van der Waals surface area contributed by atoms with E-state index < -0.39 is 0 Å². The highest BCUT2D eigenvalue weighted by Gasteiger charge is 2.24. The van der Waals surface area contributed by atoms with Gasteiger partial charge in [-0.3, -0.25) is 0 Å². The third-order valence-corrected chi connectivity index (χ3v) is 5.46. The van der Waals surface area contributed by atoms with Gasteiger partial charge in [-0.25, -0.2) is 9.97 Å². The van der Waals surface area contributed by atoms with E-state index in [-0.39, 0.29) is 0 Å². The standard InChI is InChI=1S/C16H23N3S/c1-5-19(6-2)15-14-12-8-7-10(3)9-13(12)20-16(14)18-11(4)17-15/h10H,5-9H2,1-4H3. The summed E-state index contributed by atoms with van der Waals surface area (Å²) in [6.45, 7) is 10.8. The van der Waals surface area contributed by atoms with Crippen LogP contribution in [0, 0.1) is 12.8 Å². The van der Waals surface area contributed by atoms with Crippen LogP contribution in [0.4, 0.5) is 5.82 Å². The van der Waals surface area contributed by atoms with Crippen LogP contribution in [0.5, 0.6) is 0 Å². The molecule has 2 heterocycles. The second kappa shape index (κ2) is 5.32. The monoisotopic (exact) mass is 289 g/mol. The van der Waals surface area contributed by atoms with Gasteiger partial charge in [0, 0.05) is 18.0 Å². The first-order valence-electron chi connectivity index (χ1n) is 7.67. The lowest BCUT2D eigenvalue weighted by Crippen LogP contribution is -2.24. The highest BCUT2D eigenvalue weighted by Crippen LogP contribution is 2.40. The van der Waals surface area contributed by atoms with Crippen LogP contribution >= 0.6 is 11.3 Å². The summed E-state index contributed by atoms with van der Waals surface area (Å²) in [5, 5.41) is 1.34. The zero-order chi connectivity index (χ0) is 14.3. The molecule has 0 saturated carbocycles. The quantitative estimate of drug-likeness (QED) is 0.856. The van der Waals surface area contributed by atoms with Gasteiger partial charge >= 0.3 is 0 Å². The van der Waals surface area contributed by atoms with Crippen LogP contribution in [0.1, 0.15) is 43.5 Å². The zero-order valence-corrected chi connectivity index (χ0v) is 13.7. The molecular formula is C16H23N3S. The van der Waals surface area contributed by atoms with Crippen LogP contribution in [0.3, 0.4) is 0 Å². The number of hydrogen-bond donors (Lipinski definition) is 0. The normalized spacial score (nSPS) is 18.3. The summed E-state index contributed by atoms with van der Waals surface area (Å²) in [6.07, 6.45) is 3.70. The summed E-state index contributed by atoms with van der Waals surface area (Å²) in [5.74, 6) is 2.86. The Balaban J connectivity index is 2.23. The van der Waals surface area contributed by atoms with Crippen molar-refractivity contribution in [1.82, 2.24) is 9.97 Å². The first-order chi connectivity index (χ1) is 9.63. The third kappa shape index (κ3) is 2.20. The molecule has 20 heavy (non-hydrogen) atoms. The highest BCUT2D eigenvalue weighted by molar-refractivity contribution is 7.19. The maximum Gasteiger partial charge on any atom is 0.141 e. The minimum atomic E-state index is 0.807. The molecule has 1 aliphatic carbocycles. The number of anilines is 1. The average molecular weight is 289 g/mol. The lowest BCUT2D eigenvalue weighted by molar-refractivity contribution is 0.509.